The number of alkyl halides is 3. The van der Waals surface area contributed by atoms with E-state index >= 15 is 0 Å². The topological polar surface area (TPSA) is 53.2 Å². The van der Waals surface area contributed by atoms with Gasteiger partial charge in [-0.2, -0.15) is 0 Å². The number of para-hydroxylation sites is 1. The number of carbonyl (C=O) groups excluding carboxylic acids is 1. The van der Waals surface area contributed by atoms with Crippen molar-refractivity contribution in [1.29, 1.82) is 0 Å². The molecule has 0 aliphatic rings. The fourth-order valence-corrected chi connectivity index (χ4v) is 2.83. The molecule has 0 aliphatic carbocycles. The van der Waals surface area contributed by atoms with E-state index < -0.39 is 15.9 Å². The lowest BCUT2D eigenvalue weighted by molar-refractivity contribution is 0.0934. The number of carbonyl (C=O) groups is 1. The van der Waals surface area contributed by atoms with Gasteiger partial charge in [-0.05, 0) is 42.9 Å². The summed E-state index contributed by atoms with van der Waals surface area (Å²) in [5.41, 5.74) is 1.85. The fraction of sp³-hybridized carbons (Fsp3) is 0.176. The highest BCUT2D eigenvalue weighted by Crippen LogP contribution is 2.29. The molecule has 0 fully saturated rings. The Morgan fingerprint density at radius 1 is 1.04 bits per heavy atom. The highest BCUT2D eigenvalue weighted by atomic mass is 35.6. The van der Waals surface area contributed by atoms with Gasteiger partial charge < -0.3 is 16.0 Å². The summed E-state index contributed by atoms with van der Waals surface area (Å²) in [4.78, 5) is 12.5. The second kappa shape index (κ2) is 9.11. The van der Waals surface area contributed by atoms with Crippen LogP contribution < -0.4 is 16.0 Å². The van der Waals surface area contributed by atoms with Crippen LogP contribution >= 0.6 is 58.6 Å². The maximum atomic E-state index is 12.5. The van der Waals surface area contributed by atoms with E-state index in [-0.39, 0.29) is 5.11 Å². The van der Waals surface area contributed by atoms with Crippen LogP contribution in [0.4, 0.5) is 5.69 Å². The van der Waals surface area contributed by atoms with E-state index in [1.165, 1.54) is 0 Å². The average Bonchev–Trinajstić information content (AvgIpc) is 2.56. The minimum absolute atomic E-state index is 0.138. The summed E-state index contributed by atoms with van der Waals surface area (Å²) in [6, 6.07) is 14.1. The number of benzene rings is 2. The molecule has 2 aromatic carbocycles. The molecule has 26 heavy (non-hydrogen) atoms. The van der Waals surface area contributed by atoms with Crippen molar-refractivity contribution in [3.05, 3.63) is 64.7 Å². The van der Waals surface area contributed by atoms with Gasteiger partial charge in [-0.1, -0.05) is 76.7 Å². The Bertz CT molecular complexity index is 811. The Morgan fingerprint density at radius 2 is 1.65 bits per heavy atom. The Kier molecular flexibility index (Phi) is 7.38. The first kappa shape index (κ1) is 21.1. The molecule has 1 amide bonds. The number of rotatable bonds is 4. The number of anilines is 1. The van der Waals surface area contributed by atoms with Crippen LogP contribution in [-0.4, -0.2) is 21.0 Å². The maximum Gasteiger partial charge on any atom is 0.253 e. The normalized spacial score (nSPS) is 12.2. The van der Waals surface area contributed by atoms with Gasteiger partial charge in [0.1, 0.15) is 6.17 Å². The molecular formula is C17H15Cl4N3OS. The van der Waals surface area contributed by atoms with Crippen molar-refractivity contribution in [2.75, 3.05) is 5.32 Å². The largest absolute Gasteiger partial charge is 0.339 e. The van der Waals surface area contributed by atoms with Crippen LogP contribution in [0.15, 0.2) is 48.5 Å². The van der Waals surface area contributed by atoms with Crippen molar-refractivity contribution in [2.24, 2.45) is 0 Å². The number of nitrogens with one attached hydrogen (secondary N) is 3. The summed E-state index contributed by atoms with van der Waals surface area (Å²) < 4.78 is -1.84. The van der Waals surface area contributed by atoms with E-state index in [2.05, 4.69) is 16.0 Å². The Morgan fingerprint density at radius 3 is 2.27 bits per heavy atom. The number of amides is 1. The standard InChI is InChI=1S/C17H15Cl4N3OS/c1-10-6-2-3-7-11(10)14(25)23-15(17(19,20)21)24-16(26)22-13-9-5-4-8-12(13)18/h2-9,15H,1H3,(H,23,25)(H2,22,24,26)/t15-/m0/s1. The zero-order valence-corrected chi connectivity index (χ0v) is 17.4. The number of aryl methyl sites for hydroxylation is 1. The summed E-state index contributed by atoms with van der Waals surface area (Å²) in [6.45, 7) is 1.82. The molecule has 0 aliphatic heterocycles. The molecular weight excluding hydrogens is 436 g/mol. The van der Waals surface area contributed by atoms with Crippen LogP contribution in [0.3, 0.4) is 0 Å². The first-order chi connectivity index (χ1) is 12.2. The molecule has 2 aromatic rings. The van der Waals surface area contributed by atoms with E-state index in [1.54, 1.807) is 36.4 Å². The minimum atomic E-state index is -1.84. The lowest BCUT2D eigenvalue weighted by Crippen LogP contribution is -2.56. The van der Waals surface area contributed by atoms with Gasteiger partial charge in [0.2, 0.25) is 3.79 Å². The maximum absolute atomic E-state index is 12.5. The molecule has 4 nitrogen and oxygen atoms in total. The SMILES string of the molecule is Cc1ccccc1C(=O)N[C@@H](NC(=S)Nc1ccccc1Cl)C(Cl)(Cl)Cl. The van der Waals surface area contributed by atoms with Gasteiger partial charge in [0.15, 0.2) is 5.11 Å². The number of hydrogen-bond acceptors (Lipinski definition) is 2. The molecule has 138 valence electrons. The van der Waals surface area contributed by atoms with E-state index in [4.69, 9.17) is 58.6 Å². The van der Waals surface area contributed by atoms with Gasteiger partial charge in [-0.15, -0.1) is 0 Å². The molecule has 3 N–H and O–H groups in total. The minimum Gasteiger partial charge on any atom is -0.339 e. The molecule has 2 rings (SSSR count). The van der Waals surface area contributed by atoms with E-state index in [0.29, 0.717) is 16.3 Å². The fourth-order valence-electron chi connectivity index (χ4n) is 2.09. The third kappa shape index (κ3) is 5.89. The molecule has 0 saturated heterocycles. The summed E-state index contributed by atoms with van der Waals surface area (Å²) in [6.07, 6.45) is -1.07. The summed E-state index contributed by atoms with van der Waals surface area (Å²) in [5.74, 6) is -0.396. The Hall–Kier alpha value is -1.24. The molecule has 0 heterocycles. The van der Waals surface area contributed by atoms with E-state index in [9.17, 15) is 4.79 Å². The van der Waals surface area contributed by atoms with Gasteiger partial charge in [-0.25, -0.2) is 0 Å². The Balaban J connectivity index is 2.10. The van der Waals surface area contributed by atoms with Gasteiger partial charge in [0, 0.05) is 5.56 Å². The van der Waals surface area contributed by atoms with Crippen LogP contribution in [0.1, 0.15) is 15.9 Å². The van der Waals surface area contributed by atoms with Crippen LogP contribution in [0.2, 0.25) is 5.02 Å². The first-order valence-electron chi connectivity index (χ1n) is 7.43. The summed E-state index contributed by atoms with van der Waals surface area (Å²) in [7, 11) is 0. The summed E-state index contributed by atoms with van der Waals surface area (Å²) >= 11 is 29.3. The molecule has 1 atom stereocenters. The average molecular weight is 451 g/mol. The zero-order valence-electron chi connectivity index (χ0n) is 13.5. The molecule has 9 heteroatoms. The second-order valence-corrected chi connectivity index (χ2v) is 8.53. The van der Waals surface area contributed by atoms with Crippen molar-refractivity contribution in [2.45, 2.75) is 16.9 Å². The third-order valence-electron chi connectivity index (χ3n) is 3.39. The first-order valence-corrected chi connectivity index (χ1v) is 9.36. The van der Waals surface area contributed by atoms with E-state index in [1.807, 2.05) is 19.1 Å². The smallest absolute Gasteiger partial charge is 0.253 e. The molecule has 0 bridgehead atoms. The van der Waals surface area contributed by atoms with Crippen LogP contribution in [0, 0.1) is 6.92 Å². The van der Waals surface area contributed by atoms with Gasteiger partial charge >= 0.3 is 0 Å². The molecule has 0 unspecified atom stereocenters. The van der Waals surface area contributed by atoms with Gasteiger partial charge in [0.25, 0.3) is 5.91 Å². The monoisotopic (exact) mass is 449 g/mol. The lowest BCUT2D eigenvalue weighted by atomic mass is 10.1. The second-order valence-electron chi connectivity index (χ2n) is 5.34. The molecule has 0 aromatic heterocycles. The van der Waals surface area contributed by atoms with Crippen LogP contribution in [-0.2, 0) is 0 Å². The highest BCUT2D eigenvalue weighted by molar-refractivity contribution is 7.80. The van der Waals surface area contributed by atoms with Gasteiger partial charge in [-0.3, -0.25) is 4.79 Å². The molecule has 0 spiro atoms. The highest BCUT2D eigenvalue weighted by Gasteiger charge is 2.35. The van der Waals surface area contributed by atoms with Crippen molar-refractivity contribution >= 4 is 75.3 Å². The molecule has 0 saturated carbocycles. The van der Waals surface area contributed by atoms with Crippen molar-refractivity contribution in [1.82, 2.24) is 10.6 Å². The van der Waals surface area contributed by atoms with Gasteiger partial charge in [0.05, 0.1) is 10.7 Å². The number of thiocarbonyl (C=S) groups is 1. The zero-order chi connectivity index (χ0) is 19.3. The quantitative estimate of drug-likeness (QED) is 0.346. The number of hydrogen-bond donors (Lipinski definition) is 3. The molecule has 0 radical (unpaired) electrons. The van der Waals surface area contributed by atoms with Crippen molar-refractivity contribution in [3.8, 4) is 0 Å². The predicted octanol–water partition coefficient (Wildman–Crippen LogP) is 5.06. The third-order valence-corrected chi connectivity index (χ3v) is 4.59. The van der Waals surface area contributed by atoms with Crippen LogP contribution in [0.25, 0.3) is 0 Å². The predicted molar refractivity (Wildman–Crippen MR) is 114 cm³/mol. The Labute approximate surface area is 177 Å². The summed E-state index contributed by atoms with van der Waals surface area (Å²) in [5, 5.41) is 8.94. The van der Waals surface area contributed by atoms with Crippen molar-refractivity contribution < 1.29 is 4.79 Å². The lowest BCUT2D eigenvalue weighted by Gasteiger charge is -2.28. The van der Waals surface area contributed by atoms with E-state index in [0.717, 1.165) is 5.56 Å². The van der Waals surface area contributed by atoms with Crippen LogP contribution in [0.5, 0.6) is 0 Å². The van der Waals surface area contributed by atoms with Crippen molar-refractivity contribution in [3.63, 3.8) is 0 Å². The number of halogens is 4.